The topological polar surface area (TPSA) is 44.1 Å². The maximum atomic E-state index is 12.4. The van der Waals surface area contributed by atoms with E-state index in [1.165, 1.54) is 0 Å². The summed E-state index contributed by atoms with van der Waals surface area (Å²) in [4.78, 5) is 16.6. The molecule has 2 rings (SSSR count). The first kappa shape index (κ1) is 13.5. The quantitative estimate of drug-likeness (QED) is 0.798. The van der Waals surface area contributed by atoms with E-state index in [1.807, 2.05) is 55.1 Å². The van der Waals surface area contributed by atoms with Gasteiger partial charge in [-0.15, -0.1) is 0 Å². The minimum atomic E-state index is -0.511. The Morgan fingerprint density at radius 1 is 1.37 bits per heavy atom. The molecule has 1 atom stereocenters. The second-order valence-electron chi connectivity index (χ2n) is 4.34. The Balaban J connectivity index is 2.15. The van der Waals surface area contributed by atoms with Crippen molar-refractivity contribution in [2.45, 2.75) is 19.4 Å². The van der Waals surface area contributed by atoms with E-state index >= 15 is 0 Å². The fourth-order valence-corrected chi connectivity index (χ4v) is 1.98. The van der Waals surface area contributed by atoms with E-state index in [2.05, 4.69) is 4.98 Å². The van der Waals surface area contributed by atoms with Gasteiger partial charge in [-0.2, -0.15) is 0 Å². The predicted molar refractivity (Wildman–Crippen MR) is 72.7 cm³/mol. The lowest BCUT2D eigenvalue weighted by Crippen LogP contribution is -2.19. The van der Waals surface area contributed by atoms with Gasteiger partial charge < -0.3 is 9.30 Å². The van der Waals surface area contributed by atoms with Crippen molar-refractivity contribution in [2.75, 3.05) is 6.61 Å². The van der Waals surface area contributed by atoms with Gasteiger partial charge in [0.15, 0.2) is 5.78 Å². The number of carbonyl (C=O) groups excluding carboxylic acids is 1. The molecular weight excluding hydrogens is 240 g/mol. The SMILES string of the molecule is CCOC(C(=O)Cc1nccn1C)c1ccccc1. The molecule has 0 amide bonds. The summed E-state index contributed by atoms with van der Waals surface area (Å²) in [7, 11) is 1.88. The van der Waals surface area contributed by atoms with Crippen LogP contribution in [0.25, 0.3) is 0 Å². The summed E-state index contributed by atoms with van der Waals surface area (Å²) >= 11 is 0. The Bertz CT molecular complexity index is 534. The fraction of sp³-hybridized carbons (Fsp3) is 0.333. The number of imidazole rings is 1. The van der Waals surface area contributed by atoms with Crippen LogP contribution in [0.5, 0.6) is 0 Å². The lowest BCUT2D eigenvalue weighted by molar-refractivity contribution is -0.130. The Morgan fingerprint density at radius 2 is 2.11 bits per heavy atom. The summed E-state index contributed by atoms with van der Waals surface area (Å²) in [5, 5.41) is 0. The molecule has 19 heavy (non-hydrogen) atoms. The molecule has 1 aromatic carbocycles. The lowest BCUT2D eigenvalue weighted by Gasteiger charge is -2.16. The molecule has 100 valence electrons. The third kappa shape index (κ3) is 3.29. The van der Waals surface area contributed by atoms with Gasteiger partial charge in [0.2, 0.25) is 0 Å². The van der Waals surface area contributed by atoms with Crippen LogP contribution in [0.15, 0.2) is 42.7 Å². The van der Waals surface area contributed by atoms with Crippen LogP contribution in [0.2, 0.25) is 0 Å². The molecule has 4 nitrogen and oxygen atoms in total. The van der Waals surface area contributed by atoms with Crippen molar-refractivity contribution in [3.8, 4) is 0 Å². The highest BCUT2D eigenvalue weighted by atomic mass is 16.5. The highest BCUT2D eigenvalue weighted by Gasteiger charge is 2.22. The second-order valence-corrected chi connectivity index (χ2v) is 4.34. The van der Waals surface area contributed by atoms with Crippen molar-refractivity contribution < 1.29 is 9.53 Å². The van der Waals surface area contributed by atoms with Gasteiger partial charge in [-0.1, -0.05) is 30.3 Å². The Labute approximate surface area is 113 Å². The number of benzene rings is 1. The van der Waals surface area contributed by atoms with E-state index in [0.29, 0.717) is 6.61 Å². The molecule has 0 spiro atoms. The molecule has 1 heterocycles. The smallest absolute Gasteiger partial charge is 0.173 e. The van der Waals surface area contributed by atoms with Gasteiger partial charge in [0.1, 0.15) is 11.9 Å². The van der Waals surface area contributed by atoms with Crippen LogP contribution in [-0.4, -0.2) is 21.9 Å². The van der Waals surface area contributed by atoms with Crippen molar-refractivity contribution >= 4 is 5.78 Å². The monoisotopic (exact) mass is 258 g/mol. The van der Waals surface area contributed by atoms with Gasteiger partial charge in [0, 0.05) is 26.0 Å². The van der Waals surface area contributed by atoms with E-state index < -0.39 is 6.10 Å². The molecule has 4 heteroatoms. The fourth-order valence-electron chi connectivity index (χ4n) is 1.98. The number of nitrogens with zero attached hydrogens (tertiary/aromatic N) is 2. The second kappa shape index (κ2) is 6.29. The number of aromatic nitrogens is 2. The standard InChI is InChI=1S/C15H18N2O2/c1-3-19-15(12-7-5-4-6-8-12)13(18)11-14-16-9-10-17(14)2/h4-10,15H,3,11H2,1-2H3. The molecule has 0 N–H and O–H groups in total. The van der Waals surface area contributed by atoms with Crippen LogP contribution in [0.3, 0.4) is 0 Å². The summed E-state index contributed by atoms with van der Waals surface area (Å²) in [6.07, 6.45) is 3.30. The highest BCUT2D eigenvalue weighted by Crippen LogP contribution is 2.19. The molecule has 2 aromatic rings. The Morgan fingerprint density at radius 3 is 2.68 bits per heavy atom. The number of hydrogen-bond acceptors (Lipinski definition) is 3. The largest absolute Gasteiger partial charge is 0.366 e. The number of ketones is 1. The van der Waals surface area contributed by atoms with Gasteiger partial charge in [-0.25, -0.2) is 4.98 Å². The molecule has 0 bridgehead atoms. The highest BCUT2D eigenvalue weighted by molar-refractivity contribution is 5.85. The zero-order chi connectivity index (χ0) is 13.7. The molecule has 0 saturated heterocycles. The molecule has 0 aliphatic carbocycles. The maximum Gasteiger partial charge on any atom is 0.173 e. The molecule has 1 unspecified atom stereocenters. The predicted octanol–water partition coefficient (Wildman–Crippen LogP) is 2.31. The van der Waals surface area contributed by atoms with Crippen molar-refractivity contribution in [2.24, 2.45) is 7.05 Å². The minimum Gasteiger partial charge on any atom is -0.366 e. The van der Waals surface area contributed by atoms with E-state index in [4.69, 9.17) is 4.74 Å². The number of carbonyl (C=O) groups is 1. The first-order chi connectivity index (χ1) is 9.22. The van der Waals surface area contributed by atoms with Gasteiger partial charge in [-0.3, -0.25) is 4.79 Å². The zero-order valence-electron chi connectivity index (χ0n) is 11.2. The Kier molecular flexibility index (Phi) is 4.47. The number of rotatable bonds is 6. The first-order valence-electron chi connectivity index (χ1n) is 6.37. The van der Waals surface area contributed by atoms with Crippen molar-refractivity contribution in [3.05, 3.63) is 54.1 Å². The molecular formula is C15H18N2O2. The van der Waals surface area contributed by atoms with E-state index in [0.717, 1.165) is 11.4 Å². The number of hydrogen-bond donors (Lipinski definition) is 0. The molecule has 0 aliphatic rings. The molecule has 0 saturated carbocycles. The third-order valence-corrected chi connectivity index (χ3v) is 2.98. The first-order valence-corrected chi connectivity index (χ1v) is 6.37. The van der Waals surface area contributed by atoms with Crippen molar-refractivity contribution in [1.82, 2.24) is 9.55 Å². The van der Waals surface area contributed by atoms with Gasteiger partial charge in [-0.05, 0) is 12.5 Å². The van der Waals surface area contributed by atoms with Crippen LogP contribution < -0.4 is 0 Å². The summed E-state index contributed by atoms with van der Waals surface area (Å²) in [5.74, 6) is 0.785. The van der Waals surface area contributed by atoms with E-state index in [1.54, 1.807) is 6.20 Å². The van der Waals surface area contributed by atoms with Crippen LogP contribution in [0.1, 0.15) is 24.4 Å². The molecule has 0 aliphatic heterocycles. The van der Waals surface area contributed by atoms with E-state index in [9.17, 15) is 4.79 Å². The summed E-state index contributed by atoms with van der Waals surface area (Å²) in [6.45, 7) is 2.40. The molecule has 0 fully saturated rings. The van der Waals surface area contributed by atoms with Gasteiger partial charge in [0.05, 0.1) is 6.42 Å². The maximum absolute atomic E-state index is 12.4. The van der Waals surface area contributed by atoms with Crippen LogP contribution in [0, 0.1) is 0 Å². The lowest BCUT2D eigenvalue weighted by atomic mass is 10.0. The number of aryl methyl sites for hydroxylation is 1. The molecule has 0 radical (unpaired) electrons. The van der Waals surface area contributed by atoms with Gasteiger partial charge in [0.25, 0.3) is 0 Å². The minimum absolute atomic E-state index is 0.0300. The zero-order valence-corrected chi connectivity index (χ0v) is 11.2. The van der Waals surface area contributed by atoms with Crippen molar-refractivity contribution in [1.29, 1.82) is 0 Å². The summed E-state index contributed by atoms with van der Waals surface area (Å²) < 4.78 is 7.44. The van der Waals surface area contributed by atoms with E-state index in [-0.39, 0.29) is 12.2 Å². The summed E-state index contributed by atoms with van der Waals surface area (Å²) in [5.41, 5.74) is 0.892. The third-order valence-electron chi connectivity index (χ3n) is 2.98. The normalized spacial score (nSPS) is 12.3. The number of ether oxygens (including phenoxy) is 1. The average Bonchev–Trinajstić information content (AvgIpc) is 2.82. The molecule has 1 aromatic heterocycles. The Hall–Kier alpha value is -1.94. The van der Waals surface area contributed by atoms with Gasteiger partial charge >= 0.3 is 0 Å². The van der Waals surface area contributed by atoms with Crippen molar-refractivity contribution in [3.63, 3.8) is 0 Å². The number of Topliss-reactive ketones (excluding diaryl/α,β-unsaturated/α-hetero) is 1. The van der Waals surface area contributed by atoms with Crippen LogP contribution in [-0.2, 0) is 23.0 Å². The van der Waals surface area contributed by atoms with Crippen LogP contribution in [0.4, 0.5) is 0 Å². The average molecular weight is 258 g/mol. The summed E-state index contributed by atoms with van der Waals surface area (Å²) in [6, 6.07) is 9.58. The van der Waals surface area contributed by atoms with Crippen LogP contribution >= 0.6 is 0 Å².